The molecule has 2 aromatic rings. The summed E-state index contributed by atoms with van der Waals surface area (Å²) in [6.07, 6.45) is 2.32. The van der Waals surface area contributed by atoms with Gasteiger partial charge in [0.05, 0.1) is 23.2 Å². The number of nitrogens with zero attached hydrogens (tertiary/aromatic N) is 2. The fourth-order valence-electron chi connectivity index (χ4n) is 2.62. The van der Waals surface area contributed by atoms with Crippen LogP contribution in [0.5, 0.6) is 0 Å². The molecule has 0 saturated heterocycles. The number of aliphatic carboxylic acids is 1. The first-order chi connectivity index (χ1) is 11.1. The molecule has 1 N–H and O–H groups in total. The molecule has 23 heavy (non-hydrogen) atoms. The van der Waals surface area contributed by atoms with E-state index in [1.54, 1.807) is 19.1 Å². The lowest BCUT2D eigenvalue weighted by atomic mass is 10.2. The normalized spacial score (nSPS) is 10.9. The standard InChI is InChI=1S/C17H22N2O4/c1-3-19-14-10-9-12(17(22)23-4-2)11-13(14)18-15(19)7-5-6-8-16(20)21/h9-11H,3-8H2,1-2H3,(H,20,21). The monoisotopic (exact) mass is 318 g/mol. The summed E-state index contributed by atoms with van der Waals surface area (Å²) in [6.45, 7) is 4.94. The van der Waals surface area contributed by atoms with Crippen molar-refractivity contribution in [2.45, 2.75) is 46.1 Å². The van der Waals surface area contributed by atoms with Gasteiger partial charge in [-0.15, -0.1) is 0 Å². The maximum atomic E-state index is 11.8. The van der Waals surface area contributed by atoms with Gasteiger partial charge in [0.25, 0.3) is 0 Å². The lowest BCUT2D eigenvalue weighted by Crippen LogP contribution is -2.04. The van der Waals surface area contributed by atoms with Gasteiger partial charge in [-0.05, 0) is 44.9 Å². The van der Waals surface area contributed by atoms with Crippen LogP contribution in [0.4, 0.5) is 0 Å². The molecule has 1 aromatic carbocycles. The van der Waals surface area contributed by atoms with Crippen LogP contribution in [0.15, 0.2) is 18.2 Å². The maximum absolute atomic E-state index is 11.8. The van der Waals surface area contributed by atoms with Gasteiger partial charge >= 0.3 is 11.9 Å². The smallest absolute Gasteiger partial charge is 0.338 e. The van der Waals surface area contributed by atoms with Crippen LogP contribution in [-0.2, 0) is 22.5 Å². The van der Waals surface area contributed by atoms with E-state index in [9.17, 15) is 9.59 Å². The first-order valence-electron chi connectivity index (χ1n) is 7.94. The van der Waals surface area contributed by atoms with E-state index in [2.05, 4.69) is 9.55 Å². The van der Waals surface area contributed by atoms with E-state index in [4.69, 9.17) is 9.84 Å². The van der Waals surface area contributed by atoms with Crippen LogP contribution >= 0.6 is 0 Å². The molecule has 0 spiro atoms. The summed E-state index contributed by atoms with van der Waals surface area (Å²) in [5.74, 6) is -0.189. The number of carboxylic acids is 1. The highest BCUT2D eigenvalue weighted by atomic mass is 16.5. The van der Waals surface area contributed by atoms with Gasteiger partial charge in [-0.25, -0.2) is 9.78 Å². The van der Waals surface area contributed by atoms with Crippen LogP contribution in [-0.4, -0.2) is 33.2 Å². The average molecular weight is 318 g/mol. The molecule has 0 aliphatic rings. The van der Waals surface area contributed by atoms with E-state index in [0.29, 0.717) is 18.6 Å². The Morgan fingerprint density at radius 2 is 2.04 bits per heavy atom. The van der Waals surface area contributed by atoms with Crippen molar-refractivity contribution in [1.82, 2.24) is 9.55 Å². The minimum atomic E-state index is -0.770. The van der Waals surface area contributed by atoms with E-state index in [0.717, 1.165) is 36.2 Å². The Morgan fingerprint density at radius 3 is 2.70 bits per heavy atom. The minimum absolute atomic E-state index is 0.180. The van der Waals surface area contributed by atoms with Gasteiger partial charge in [-0.2, -0.15) is 0 Å². The third-order valence-electron chi connectivity index (χ3n) is 3.70. The fraction of sp³-hybridized carbons (Fsp3) is 0.471. The van der Waals surface area contributed by atoms with Crippen molar-refractivity contribution in [3.63, 3.8) is 0 Å². The van der Waals surface area contributed by atoms with E-state index >= 15 is 0 Å². The zero-order valence-electron chi connectivity index (χ0n) is 13.5. The molecule has 0 unspecified atom stereocenters. The predicted octanol–water partition coefficient (Wildman–Crippen LogP) is 3.03. The molecule has 0 amide bonds. The van der Waals surface area contributed by atoms with E-state index in [1.165, 1.54) is 0 Å². The molecular weight excluding hydrogens is 296 g/mol. The molecule has 0 aliphatic carbocycles. The van der Waals surface area contributed by atoms with Crippen molar-refractivity contribution < 1.29 is 19.4 Å². The summed E-state index contributed by atoms with van der Waals surface area (Å²) in [7, 11) is 0. The number of carbonyl (C=O) groups excluding carboxylic acids is 1. The fourth-order valence-corrected chi connectivity index (χ4v) is 2.62. The SMILES string of the molecule is CCOC(=O)c1ccc2c(c1)nc(CCCCC(=O)O)n2CC. The van der Waals surface area contributed by atoms with Crippen molar-refractivity contribution in [1.29, 1.82) is 0 Å². The number of hydrogen-bond acceptors (Lipinski definition) is 4. The number of aromatic nitrogens is 2. The van der Waals surface area contributed by atoms with Crippen LogP contribution < -0.4 is 0 Å². The van der Waals surface area contributed by atoms with Crippen LogP contribution in [0.1, 0.15) is 49.3 Å². The Kier molecular flexibility index (Phi) is 5.73. The molecule has 0 radical (unpaired) electrons. The second-order valence-corrected chi connectivity index (χ2v) is 5.30. The molecule has 0 bridgehead atoms. The van der Waals surface area contributed by atoms with Crippen LogP contribution in [0.3, 0.4) is 0 Å². The number of ether oxygens (including phenoxy) is 1. The van der Waals surface area contributed by atoms with Crippen molar-refractivity contribution in [3.05, 3.63) is 29.6 Å². The number of imidazole rings is 1. The minimum Gasteiger partial charge on any atom is -0.481 e. The molecular formula is C17H22N2O4. The molecule has 0 atom stereocenters. The van der Waals surface area contributed by atoms with Crippen LogP contribution in [0.25, 0.3) is 11.0 Å². The van der Waals surface area contributed by atoms with E-state index in [-0.39, 0.29) is 12.4 Å². The first kappa shape index (κ1) is 17.0. The van der Waals surface area contributed by atoms with Gasteiger partial charge in [0.1, 0.15) is 5.82 Å². The van der Waals surface area contributed by atoms with Gasteiger partial charge in [0, 0.05) is 19.4 Å². The van der Waals surface area contributed by atoms with Crippen LogP contribution in [0.2, 0.25) is 0 Å². The molecule has 0 fully saturated rings. The van der Waals surface area contributed by atoms with Crippen molar-refractivity contribution in [3.8, 4) is 0 Å². The predicted molar refractivity (Wildman–Crippen MR) is 86.6 cm³/mol. The van der Waals surface area contributed by atoms with E-state index < -0.39 is 5.97 Å². The quantitative estimate of drug-likeness (QED) is 0.597. The Bertz CT molecular complexity index is 706. The van der Waals surface area contributed by atoms with Crippen LogP contribution in [0, 0.1) is 0 Å². The van der Waals surface area contributed by atoms with Gasteiger partial charge < -0.3 is 14.4 Å². The number of carboxylic acid groups (broad SMARTS) is 1. The lowest BCUT2D eigenvalue weighted by molar-refractivity contribution is -0.137. The number of rotatable bonds is 8. The number of unbranched alkanes of at least 4 members (excludes halogenated alkanes) is 1. The zero-order chi connectivity index (χ0) is 16.8. The maximum Gasteiger partial charge on any atom is 0.338 e. The number of esters is 1. The Hall–Kier alpha value is -2.37. The third-order valence-corrected chi connectivity index (χ3v) is 3.70. The molecule has 0 aliphatic heterocycles. The molecule has 1 aromatic heterocycles. The Labute approximate surface area is 135 Å². The summed E-state index contributed by atoms with van der Waals surface area (Å²) < 4.78 is 7.12. The zero-order valence-corrected chi connectivity index (χ0v) is 13.5. The highest BCUT2D eigenvalue weighted by Gasteiger charge is 2.13. The van der Waals surface area contributed by atoms with Gasteiger partial charge in [0.15, 0.2) is 0 Å². The van der Waals surface area contributed by atoms with E-state index in [1.807, 2.05) is 13.0 Å². The summed E-state index contributed by atoms with van der Waals surface area (Å²) in [4.78, 5) is 27.0. The number of aryl methyl sites for hydroxylation is 2. The third kappa shape index (κ3) is 4.09. The summed E-state index contributed by atoms with van der Waals surface area (Å²) in [5.41, 5.74) is 2.25. The van der Waals surface area contributed by atoms with Gasteiger partial charge in [-0.3, -0.25) is 4.79 Å². The summed E-state index contributed by atoms with van der Waals surface area (Å²) in [5, 5.41) is 8.69. The summed E-state index contributed by atoms with van der Waals surface area (Å²) in [6, 6.07) is 5.39. The number of benzene rings is 1. The second-order valence-electron chi connectivity index (χ2n) is 5.30. The average Bonchev–Trinajstić information content (AvgIpc) is 2.88. The topological polar surface area (TPSA) is 81.4 Å². The Morgan fingerprint density at radius 1 is 1.26 bits per heavy atom. The number of fused-ring (bicyclic) bond motifs is 1. The molecule has 2 rings (SSSR count). The van der Waals surface area contributed by atoms with Gasteiger partial charge in [-0.1, -0.05) is 0 Å². The molecule has 6 nitrogen and oxygen atoms in total. The number of hydrogen-bond donors (Lipinski definition) is 1. The first-order valence-corrected chi connectivity index (χ1v) is 7.94. The summed E-state index contributed by atoms with van der Waals surface area (Å²) >= 11 is 0. The largest absolute Gasteiger partial charge is 0.481 e. The molecule has 0 saturated carbocycles. The highest BCUT2D eigenvalue weighted by Crippen LogP contribution is 2.20. The molecule has 1 heterocycles. The molecule has 124 valence electrons. The van der Waals surface area contributed by atoms with Crippen molar-refractivity contribution >= 4 is 23.0 Å². The van der Waals surface area contributed by atoms with Crippen molar-refractivity contribution in [2.75, 3.05) is 6.61 Å². The Balaban J connectivity index is 2.20. The highest BCUT2D eigenvalue weighted by molar-refractivity contribution is 5.93. The second kappa shape index (κ2) is 7.76. The van der Waals surface area contributed by atoms with Gasteiger partial charge in [0.2, 0.25) is 0 Å². The van der Waals surface area contributed by atoms with Crippen molar-refractivity contribution in [2.24, 2.45) is 0 Å². The lowest BCUT2D eigenvalue weighted by Gasteiger charge is -2.06. The number of carbonyl (C=O) groups is 2. The molecule has 6 heteroatoms.